The molecule has 0 atom stereocenters. The summed E-state index contributed by atoms with van der Waals surface area (Å²) in [7, 11) is 0. The topological polar surface area (TPSA) is 125 Å². The van der Waals surface area contributed by atoms with Gasteiger partial charge in [-0.25, -0.2) is 9.59 Å². The van der Waals surface area contributed by atoms with Crippen LogP contribution in [0, 0.1) is 0 Å². The van der Waals surface area contributed by atoms with E-state index in [9.17, 15) is 9.59 Å². The first-order chi connectivity index (χ1) is 6.59. The molecule has 0 aliphatic rings. The maximum absolute atomic E-state index is 10.4. The average molecular weight is 205 g/mol. The molecular weight excluding hydrogens is 190 g/mol. The molecule has 0 saturated carbocycles. The zero-order chi connectivity index (χ0) is 11.0. The number of carboxylic acids is 2. The number of aliphatic carboxylic acids is 2. The van der Waals surface area contributed by atoms with E-state index in [0.717, 1.165) is 0 Å². The van der Waals surface area contributed by atoms with Crippen molar-refractivity contribution in [3.05, 3.63) is 0 Å². The second kappa shape index (κ2) is 7.25. The number of carbonyl (C=O) groups is 2. The van der Waals surface area contributed by atoms with E-state index in [0.29, 0.717) is 19.6 Å². The van der Waals surface area contributed by atoms with E-state index < -0.39 is 18.0 Å². The minimum atomic E-state index is -1.55. The van der Waals surface area contributed by atoms with Gasteiger partial charge in [-0.05, 0) is 0 Å². The molecular formula is C7H15N3O4. The van der Waals surface area contributed by atoms with Gasteiger partial charge in [0.15, 0.2) is 0 Å². The first-order valence-electron chi connectivity index (χ1n) is 4.19. The van der Waals surface area contributed by atoms with Crippen LogP contribution in [0.25, 0.3) is 0 Å². The van der Waals surface area contributed by atoms with Gasteiger partial charge in [-0.1, -0.05) is 0 Å². The molecule has 0 aromatic rings. The van der Waals surface area contributed by atoms with Gasteiger partial charge >= 0.3 is 11.9 Å². The van der Waals surface area contributed by atoms with Crippen molar-refractivity contribution in [1.29, 1.82) is 0 Å². The first-order valence-corrected chi connectivity index (χ1v) is 4.19. The van der Waals surface area contributed by atoms with Gasteiger partial charge in [0.05, 0.1) is 0 Å². The van der Waals surface area contributed by atoms with Crippen molar-refractivity contribution in [2.75, 3.05) is 26.2 Å². The molecule has 0 fully saturated rings. The Kier molecular flexibility index (Phi) is 6.63. The van der Waals surface area contributed by atoms with Gasteiger partial charge in [0.2, 0.25) is 6.04 Å². The van der Waals surface area contributed by atoms with Crippen LogP contribution < -0.4 is 16.4 Å². The number of hydrogen-bond donors (Lipinski definition) is 5. The molecule has 7 heteroatoms. The van der Waals surface area contributed by atoms with Gasteiger partial charge in [0.25, 0.3) is 0 Å². The Morgan fingerprint density at radius 2 is 1.71 bits per heavy atom. The summed E-state index contributed by atoms with van der Waals surface area (Å²) in [5.74, 6) is -2.78. The SMILES string of the molecule is NCCNCCNC(C(=O)O)C(=O)O. The molecule has 0 heterocycles. The molecule has 0 bridgehead atoms. The van der Waals surface area contributed by atoms with Crippen LogP contribution in [0.3, 0.4) is 0 Å². The van der Waals surface area contributed by atoms with Crippen molar-refractivity contribution in [2.24, 2.45) is 5.73 Å². The lowest BCUT2D eigenvalue weighted by atomic mass is 10.3. The van der Waals surface area contributed by atoms with Crippen molar-refractivity contribution in [3.8, 4) is 0 Å². The van der Waals surface area contributed by atoms with E-state index >= 15 is 0 Å². The number of hydrogen-bond acceptors (Lipinski definition) is 5. The molecule has 0 spiro atoms. The van der Waals surface area contributed by atoms with Crippen LogP contribution in [0.5, 0.6) is 0 Å². The van der Waals surface area contributed by atoms with Crippen LogP contribution >= 0.6 is 0 Å². The second-order valence-electron chi connectivity index (χ2n) is 2.60. The fourth-order valence-electron chi connectivity index (χ4n) is 0.812. The van der Waals surface area contributed by atoms with Gasteiger partial charge in [0.1, 0.15) is 0 Å². The van der Waals surface area contributed by atoms with Crippen LogP contribution in [0.15, 0.2) is 0 Å². The highest BCUT2D eigenvalue weighted by molar-refractivity contribution is 5.97. The molecule has 0 rings (SSSR count). The maximum Gasteiger partial charge on any atom is 0.332 e. The smallest absolute Gasteiger partial charge is 0.332 e. The van der Waals surface area contributed by atoms with Gasteiger partial charge in [0, 0.05) is 26.2 Å². The third-order valence-electron chi connectivity index (χ3n) is 1.47. The molecule has 6 N–H and O–H groups in total. The Hall–Kier alpha value is -1.18. The Morgan fingerprint density at radius 1 is 1.14 bits per heavy atom. The summed E-state index contributed by atoms with van der Waals surface area (Å²) in [6.07, 6.45) is 0. The van der Waals surface area contributed by atoms with Crippen LogP contribution in [0.4, 0.5) is 0 Å². The van der Waals surface area contributed by atoms with Crippen LogP contribution in [-0.4, -0.2) is 54.4 Å². The largest absolute Gasteiger partial charge is 0.480 e. The Bertz CT molecular complexity index is 183. The molecule has 0 radical (unpaired) electrons. The zero-order valence-electron chi connectivity index (χ0n) is 7.69. The lowest BCUT2D eigenvalue weighted by Gasteiger charge is -2.09. The summed E-state index contributed by atoms with van der Waals surface area (Å²) in [5, 5.41) is 22.2. The summed E-state index contributed by atoms with van der Waals surface area (Å²) < 4.78 is 0. The van der Waals surface area contributed by atoms with Crippen molar-refractivity contribution >= 4 is 11.9 Å². The molecule has 0 unspecified atom stereocenters. The van der Waals surface area contributed by atoms with Gasteiger partial charge < -0.3 is 21.3 Å². The quantitative estimate of drug-likeness (QED) is 0.222. The highest BCUT2D eigenvalue weighted by Crippen LogP contribution is 1.82. The lowest BCUT2D eigenvalue weighted by molar-refractivity contribution is -0.150. The summed E-state index contributed by atoms with van der Waals surface area (Å²) in [5.41, 5.74) is 5.20. The standard InChI is InChI=1S/C7H15N3O4/c8-1-2-9-3-4-10-5(6(11)12)7(13)14/h5,9-10H,1-4,8H2,(H,11,12)(H,13,14). The van der Waals surface area contributed by atoms with E-state index in [1.807, 2.05) is 0 Å². The van der Waals surface area contributed by atoms with E-state index in [4.69, 9.17) is 15.9 Å². The fraction of sp³-hybridized carbons (Fsp3) is 0.714. The molecule has 14 heavy (non-hydrogen) atoms. The minimum absolute atomic E-state index is 0.267. The molecule has 0 aliphatic heterocycles. The molecule has 0 aromatic carbocycles. The minimum Gasteiger partial charge on any atom is -0.480 e. The van der Waals surface area contributed by atoms with Crippen molar-refractivity contribution in [1.82, 2.24) is 10.6 Å². The van der Waals surface area contributed by atoms with Gasteiger partial charge in [-0.3, -0.25) is 5.32 Å². The van der Waals surface area contributed by atoms with Crippen molar-refractivity contribution in [3.63, 3.8) is 0 Å². The van der Waals surface area contributed by atoms with Crippen LogP contribution in [0.2, 0.25) is 0 Å². The van der Waals surface area contributed by atoms with E-state index in [2.05, 4.69) is 10.6 Å². The number of nitrogens with two attached hydrogens (primary N) is 1. The molecule has 0 saturated heterocycles. The Labute approximate surface area is 81.3 Å². The van der Waals surface area contributed by atoms with E-state index in [1.165, 1.54) is 0 Å². The third-order valence-corrected chi connectivity index (χ3v) is 1.47. The monoisotopic (exact) mass is 205 g/mol. The van der Waals surface area contributed by atoms with Gasteiger partial charge in [-0.15, -0.1) is 0 Å². The van der Waals surface area contributed by atoms with E-state index in [1.54, 1.807) is 0 Å². The lowest BCUT2D eigenvalue weighted by Crippen LogP contribution is -2.46. The Morgan fingerprint density at radius 3 is 2.14 bits per heavy atom. The summed E-state index contributed by atoms with van der Waals surface area (Å²) >= 11 is 0. The molecule has 0 aromatic heterocycles. The first kappa shape index (κ1) is 12.8. The van der Waals surface area contributed by atoms with Gasteiger partial charge in [-0.2, -0.15) is 0 Å². The predicted octanol–water partition coefficient (Wildman–Crippen LogP) is -2.34. The summed E-state index contributed by atoms with van der Waals surface area (Å²) in [6, 6.07) is -1.55. The number of carboxylic acid groups (broad SMARTS) is 2. The maximum atomic E-state index is 10.4. The average Bonchev–Trinajstić information content (AvgIpc) is 2.09. The van der Waals surface area contributed by atoms with Crippen molar-refractivity contribution < 1.29 is 19.8 Å². The van der Waals surface area contributed by atoms with E-state index in [-0.39, 0.29) is 6.54 Å². The fourth-order valence-corrected chi connectivity index (χ4v) is 0.812. The highest BCUT2D eigenvalue weighted by Gasteiger charge is 2.24. The summed E-state index contributed by atoms with van der Waals surface area (Å²) in [4.78, 5) is 20.8. The number of rotatable bonds is 8. The summed E-state index contributed by atoms with van der Waals surface area (Å²) in [6.45, 7) is 1.85. The zero-order valence-corrected chi connectivity index (χ0v) is 7.69. The highest BCUT2D eigenvalue weighted by atomic mass is 16.4. The van der Waals surface area contributed by atoms with Crippen LogP contribution in [0.1, 0.15) is 0 Å². The molecule has 82 valence electrons. The molecule has 7 nitrogen and oxygen atoms in total. The second-order valence-corrected chi connectivity index (χ2v) is 2.60. The normalized spacial score (nSPS) is 10.4. The predicted molar refractivity (Wildman–Crippen MR) is 49.0 cm³/mol. The Balaban J connectivity index is 3.62. The van der Waals surface area contributed by atoms with Crippen LogP contribution in [-0.2, 0) is 9.59 Å². The molecule has 0 amide bonds. The third kappa shape index (κ3) is 5.46. The molecule has 0 aliphatic carbocycles. The number of nitrogens with one attached hydrogen (secondary N) is 2. The van der Waals surface area contributed by atoms with Crippen molar-refractivity contribution in [2.45, 2.75) is 6.04 Å².